The number of ether oxygens (including phenoxy) is 1. The number of fused-ring (bicyclic) bond motifs is 3. The summed E-state index contributed by atoms with van der Waals surface area (Å²) in [5.74, 6) is -0.727. The maximum absolute atomic E-state index is 13.4. The van der Waals surface area contributed by atoms with Gasteiger partial charge in [0.1, 0.15) is 5.41 Å². The van der Waals surface area contributed by atoms with Crippen LogP contribution >= 0.6 is 11.3 Å². The second-order valence-corrected chi connectivity index (χ2v) is 9.10. The molecule has 1 saturated heterocycles. The van der Waals surface area contributed by atoms with Crippen molar-refractivity contribution >= 4 is 38.2 Å². The first-order valence-corrected chi connectivity index (χ1v) is 10.9. The third kappa shape index (κ3) is 3.59. The number of nitrogens with zero attached hydrogens (tertiary/aromatic N) is 2. The van der Waals surface area contributed by atoms with Crippen molar-refractivity contribution in [1.29, 1.82) is 0 Å². The molecule has 1 amide bonds. The molecule has 33 heavy (non-hydrogen) atoms. The molecular formula is C23H18F3N3O3S. The number of nitrogens with one attached hydrogen (secondary N) is 1. The predicted octanol–water partition coefficient (Wildman–Crippen LogP) is 4.73. The van der Waals surface area contributed by atoms with Crippen molar-refractivity contribution in [3.05, 3.63) is 59.8 Å². The molecule has 1 N–H and O–H groups in total. The van der Waals surface area contributed by atoms with E-state index in [2.05, 4.69) is 10.3 Å². The third-order valence-electron chi connectivity index (χ3n) is 5.94. The lowest BCUT2D eigenvalue weighted by Gasteiger charge is -2.42. The maximum atomic E-state index is 13.4. The number of ketones is 1. The second kappa shape index (κ2) is 7.67. The van der Waals surface area contributed by atoms with Crippen molar-refractivity contribution in [3.8, 4) is 11.3 Å². The summed E-state index contributed by atoms with van der Waals surface area (Å²) in [5, 5.41) is 2.57. The average molecular weight is 473 g/mol. The molecule has 0 spiro atoms. The number of carbonyl (C=O) groups excluding carboxylic acids is 2. The molecule has 3 heterocycles. The van der Waals surface area contributed by atoms with Gasteiger partial charge in [-0.15, -0.1) is 0 Å². The number of carbonyl (C=O) groups is 2. The first-order chi connectivity index (χ1) is 15.7. The summed E-state index contributed by atoms with van der Waals surface area (Å²) in [5.41, 5.74) is 1.08. The van der Waals surface area contributed by atoms with Crippen LogP contribution in [0.1, 0.15) is 27.1 Å². The number of Topliss-reactive ketones (excluding diaryl/α,β-unsaturated/α-hetero) is 1. The highest BCUT2D eigenvalue weighted by Gasteiger charge is 2.60. The highest BCUT2D eigenvalue weighted by molar-refractivity contribution is 7.23. The Morgan fingerprint density at radius 1 is 1.15 bits per heavy atom. The van der Waals surface area contributed by atoms with Crippen molar-refractivity contribution in [2.75, 3.05) is 20.3 Å². The van der Waals surface area contributed by atoms with Crippen LogP contribution in [0.5, 0.6) is 0 Å². The fourth-order valence-electron chi connectivity index (χ4n) is 3.87. The minimum Gasteiger partial charge on any atom is -0.379 e. The summed E-state index contributed by atoms with van der Waals surface area (Å²) < 4.78 is 47.5. The van der Waals surface area contributed by atoms with Crippen molar-refractivity contribution in [2.24, 2.45) is 5.41 Å². The van der Waals surface area contributed by atoms with Gasteiger partial charge in [0, 0.05) is 36.4 Å². The van der Waals surface area contributed by atoms with Gasteiger partial charge in [0.15, 0.2) is 10.7 Å². The quantitative estimate of drug-likeness (QED) is 0.426. The number of benzene rings is 2. The molecule has 0 unspecified atom stereocenters. The van der Waals surface area contributed by atoms with Crippen LogP contribution < -0.4 is 5.32 Å². The smallest absolute Gasteiger partial charge is 0.379 e. The molecule has 1 aliphatic heterocycles. The normalized spacial score (nSPS) is 15.5. The van der Waals surface area contributed by atoms with Crippen LogP contribution in [-0.4, -0.2) is 47.5 Å². The summed E-state index contributed by atoms with van der Waals surface area (Å²) in [7, 11) is 1.57. The van der Waals surface area contributed by atoms with E-state index in [0.717, 1.165) is 21.5 Å². The lowest BCUT2D eigenvalue weighted by molar-refractivity contribution is -0.300. The Morgan fingerprint density at radius 2 is 1.85 bits per heavy atom. The fourth-order valence-corrected chi connectivity index (χ4v) is 4.92. The summed E-state index contributed by atoms with van der Waals surface area (Å²) >= 11 is 1.35. The molecular weight excluding hydrogens is 455 g/mol. The Morgan fingerprint density at radius 3 is 2.45 bits per heavy atom. The van der Waals surface area contributed by atoms with Crippen LogP contribution in [0.15, 0.2) is 48.7 Å². The number of thiazole rings is 1. The Balaban J connectivity index is 1.42. The number of alkyl halides is 3. The van der Waals surface area contributed by atoms with Gasteiger partial charge < -0.3 is 10.1 Å². The van der Waals surface area contributed by atoms with Crippen LogP contribution in [0.2, 0.25) is 0 Å². The average Bonchev–Trinajstić information content (AvgIpc) is 3.32. The van der Waals surface area contributed by atoms with E-state index in [1.807, 2.05) is 22.7 Å². The third-order valence-corrected chi connectivity index (χ3v) is 6.96. The van der Waals surface area contributed by atoms with E-state index in [0.29, 0.717) is 10.5 Å². The van der Waals surface area contributed by atoms with E-state index in [1.165, 1.54) is 11.3 Å². The topological polar surface area (TPSA) is 72.7 Å². The number of rotatable bonds is 5. The largest absolute Gasteiger partial charge is 0.399 e. The van der Waals surface area contributed by atoms with Crippen LogP contribution in [0.4, 0.5) is 13.2 Å². The minimum atomic E-state index is -4.48. The number of halogens is 3. The Hall–Kier alpha value is -3.24. The molecule has 0 radical (unpaired) electrons. The van der Waals surface area contributed by atoms with Crippen molar-refractivity contribution in [1.82, 2.24) is 14.7 Å². The van der Waals surface area contributed by atoms with E-state index in [1.54, 1.807) is 37.4 Å². The zero-order valence-corrected chi connectivity index (χ0v) is 18.2. The first kappa shape index (κ1) is 21.6. The van der Waals surface area contributed by atoms with Gasteiger partial charge in [-0.25, -0.2) is 4.98 Å². The number of hydrogen-bond donors (Lipinski definition) is 1. The number of imidazole rings is 1. The zero-order chi connectivity index (χ0) is 23.4. The van der Waals surface area contributed by atoms with Gasteiger partial charge >= 0.3 is 6.18 Å². The Labute approximate surface area is 190 Å². The molecule has 170 valence electrons. The van der Waals surface area contributed by atoms with Gasteiger partial charge in [-0.05, 0) is 30.3 Å². The molecule has 4 aromatic rings. The predicted molar refractivity (Wildman–Crippen MR) is 118 cm³/mol. The molecule has 2 aromatic heterocycles. The van der Waals surface area contributed by atoms with Gasteiger partial charge in [0.2, 0.25) is 0 Å². The summed E-state index contributed by atoms with van der Waals surface area (Å²) in [6, 6.07) is 12.0. The highest BCUT2D eigenvalue weighted by atomic mass is 32.1. The molecule has 6 nitrogen and oxygen atoms in total. The lowest BCUT2D eigenvalue weighted by Crippen LogP contribution is -2.54. The molecule has 0 saturated carbocycles. The van der Waals surface area contributed by atoms with Crippen LogP contribution in [0.3, 0.4) is 0 Å². The summed E-state index contributed by atoms with van der Waals surface area (Å²) in [6.07, 6.45) is -3.25. The monoisotopic (exact) mass is 473 g/mol. The second-order valence-electron chi connectivity index (χ2n) is 8.09. The maximum Gasteiger partial charge on any atom is 0.399 e. The minimum absolute atomic E-state index is 0.172. The van der Waals surface area contributed by atoms with Crippen molar-refractivity contribution in [3.63, 3.8) is 0 Å². The van der Waals surface area contributed by atoms with E-state index in [4.69, 9.17) is 4.74 Å². The molecule has 1 aliphatic rings. The highest BCUT2D eigenvalue weighted by Crippen LogP contribution is 2.47. The standard InChI is InChI=1S/C23H18F3N3O3S/c1-27-20(31)14-4-2-13(3-5-14)16-10-29-17-7-6-15(8-19(17)33-21(29)28-16)18(30)9-22(11-32-12-22)23(24,25)26/h2-8,10H,9,11-12H2,1H3,(H,27,31). The van der Waals surface area contributed by atoms with Gasteiger partial charge in [0.25, 0.3) is 5.91 Å². The first-order valence-electron chi connectivity index (χ1n) is 10.1. The fraction of sp³-hybridized carbons (Fsp3) is 0.261. The van der Waals surface area contributed by atoms with E-state index >= 15 is 0 Å². The SMILES string of the molecule is CNC(=O)c1ccc(-c2cn3c(n2)sc2cc(C(=O)CC4(C(F)(F)F)COC4)ccc23)cc1. The Kier molecular flexibility index (Phi) is 5.02. The van der Waals surface area contributed by atoms with Crippen molar-refractivity contribution < 1.29 is 27.5 Å². The molecule has 0 bridgehead atoms. The van der Waals surface area contributed by atoms with Gasteiger partial charge in [0.05, 0.1) is 29.1 Å². The molecule has 0 aliphatic carbocycles. The van der Waals surface area contributed by atoms with Gasteiger partial charge in [-0.2, -0.15) is 13.2 Å². The number of amides is 1. The summed E-state index contributed by atoms with van der Waals surface area (Å²) in [4.78, 5) is 29.7. The lowest BCUT2D eigenvalue weighted by atomic mass is 9.79. The van der Waals surface area contributed by atoms with Crippen LogP contribution in [-0.2, 0) is 4.74 Å². The number of hydrogen-bond acceptors (Lipinski definition) is 5. The molecule has 5 rings (SSSR count). The molecule has 0 atom stereocenters. The molecule has 2 aromatic carbocycles. The Bertz CT molecular complexity index is 1390. The number of aromatic nitrogens is 2. The van der Waals surface area contributed by atoms with Gasteiger partial charge in [-0.3, -0.25) is 14.0 Å². The van der Waals surface area contributed by atoms with Crippen LogP contribution in [0, 0.1) is 5.41 Å². The van der Waals surface area contributed by atoms with Gasteiger partial charge in [-0.1, -0.05) is 23.5 Å². The van der Waals surface area contributed by atoms with E-state index in [-0.39, 0.29) is 11.5 Å². The van der Waals surface area contributed by atoms with E-state index in [9.17, 15) is 22.8 Å². The molecule has 1 fully saturated rings. The van der Waals surface area contributed by atoms with E-state index < -0.39 is 37.0 Å². The van der Waals surface area contributed by atoms with Crippen LogP contribution in [0.25, 0.3) is 26.4 Å². The zero-order valence-electron chi connectivity index (χ0n) is 17.4. The van der Waals surface area contributed by atoms with Crippen molar-refractivity contribution in [2.45, 2.75) is 12.6 Å². The summed E-state index contributed by atoms with van der Waals surface area (Å²) in [6.45, 7) is -0.964. The molecule has 10 heteroatoms.